The Hall–Kier alpha value is -2.37. The summed E-state index contributed by atoms with van der Waals surface area (Å²) in [5.41, 5.74) is 0. The lowest BCUT2D eigenvalue weighted by atomic mass is 10.0. The molecule has 6 nitrogen and oxygen atoms in total. The zero-order valence-electron chi connectivity index (χ0n) is 51.3. The number of hydrogen-bond acceptors (Lipinski definition) is 6. The Balaban J connectivity index is 4.27. The van der Waals surface area contributed by atoms with Gasteiger partial charge in [-0.2, -0.15) is 0 Å². The van der Waals surface area contributed by atoms with Crippen LogP contribution in [0.1, 0.15) is 374 Å². The number of hydrogen-bond donors (Lipinski definition) is 0. The zero-order chi connectivity index (χ0) is 55.0. The molecule has 1 unspecified atom stereocenters. The summed E-state index contributed by atoms with van der Waals surface area (Å²) < 4.78 is 17.0. The van der Waals surface area contributed by atoms with E-state index in [2.05, 4.69) is 57.2 Å². The molecule has 0 heterocycles. The molecule has 446 valence electrons. The highest BCUT2D eigenvalue weighted by Crippen LogP contribution is 2.18. The Morgan fingerprint density at radius 3 is 0.737 bits per heavy atom. The lowest BCUT2D eigenvalue weighted by Crippen LogP contribution is -2.30. The van der Waals surface area contributed by atoms with E-state index < -0.39 is 6.10 Å². The Labute approximate surface area is 474 Å². The molecule has 0 spiro atoms. The fourth-order valence-electron chi connectivity index (χ4n) is 10.2. The minimum absolute atomic E-state index is 0.0689. The summed E-state index contributed by atoms with van der Waals surface area (Å²) in [6.07, 6.45) is 80.1. The van der Waals surface area contributed by atoms with Crippen molar-refractivity contribution in [2.45, 2.75) is 380 Å². The highest BCUT2D eigenvalue weighted by molar-refractivity contribution is 5.71. The molecule has 1 atom stereocenters. The number of esters is 3. The smallest absolute Gasteiger partial charge is 0.306 e. The molecule has 0 amide bonds. The maximum atomic E-state index is 12.9. The molecule has 0 rings (SSSR count). The molecule has 0 aromatic rings. The van der Waals surface area contributed by atoms with Crippen molar-refractivity contribution in [3.63, 3.8) is 0 Å². The van der Waals surface area contributed by atoms with Gasteiger partial charge in [0.05, 0.1) is 0 Å². The molecule has 76 heavy (non-hydrogen) atoms. The normalized spacial score (nSPS) is 12.2. The van der Waals surface area contributed by atoms with Gasteiger partial charge in [0.15, 0.2) is 6.10 Å². The van der Waals surface area contributed by atoms with Crippen molar-refractivity contribution in [1.29, 1.82) is 0 Å². The van der Waals surface area contributed by atoms with Gasteiger partial charge >= 0.3 is 17.9 Å². The zero-order valence-corrected chi connectivity index (χ0v) is 51.3. The van der Waals surface area contributed by atoms with Crippen LogP contribution in [0.3, 0.4) is 0 Å². The van der Waals surface area contributed by atoms with Gasteiger partial charge in [-0.05, 0) is 77.0 Å². The summed E-state index contributed by atoms with van der Waals surface area (Å²) in [6, 6.07) is 0. The Bertz CT molecular complexity index is 1270. The monoisotopic (exact) mass is 1070 g/mol. The van der Waals surface area contributed by atoms with E-state index in [0.29, 0.717) is 19.3 Å². The molecule has 0 N–H and O–H groups in total. The topological polar surface area (TPSA) is 78.9 Å². The maximum absolute atomic E-state index is 12.9. The Morgan fingerprint density at radius 2 is 0.474 bits per heavy atom. The van der Waals surface area contributed by atoms with Gasteiger partial charge in [0.25, 0.3) is 0 Å². The Morgan fingerprint density at radius 1 is 0.263 bits per heavy atom. The standard InChI is InChI=1S/C70H130O6/c1-4-7-10-13-16-19-22-25-28-30-32-33-34-35-36-37-38-40-42-45-48-51-54-57-60-63-69(72)75-66-67(65-74-68(71)62-59-56-53-50-47-44-41-27-24-21-18-15-12-9-6-3)76-70(73)64-61-58-55-52-49-46-43-39-31-29-26-23-20-17-14-11-8-5-2/h22,25,29-32,67H,4-21,23-24,26-28,33-66H2,1-3H3/b25-22-,31-29-,32-30-. The SMILES string of the molecule is CCCCCCC/C=C\C/C=C\CCCCCCCCCCCCCCCC(=O)OCC(COC(=O)CCCCCCCCCCCCCCCCC)OC(=O)CCCCCCCCC/C=C\CCCCCCCCC. The van der Waals surface area contributed by atoms with Gasteiger partial charge in [0.1, 0.15) is 13.2 Å². The molecule has 0 bridgehead atoms. The third-order valence-electron chi connectivity index (χ3n) is 15.4. The summed E-state index contributed by atoms with van der Waals surface area (Å²) >= 11 is 0. The van der Waals surface area contributed by atoms with Crippen molar-refractivity contribution in [2.75, 3.05) is 13.2 Å². The van der Waals surface area contributed by atoms with E-state index in [1.165, 1.54) is 270 Å². The largest absolute Gasteiger partial charge is 0.462 e. The number of carbonyl (C=O) groups excluding carboxylic acids is 3. The van der Waals surface area contributed by atoms with Gasteiger partial charge in [-0.25, -0.2) is 0 Å². The van der Waals surface area contributed by atoms with E-state index >= 15 is 0 Å². The number of ether oxygens (including phenoxy) is 3. The molecule has 6 heteroatoms. The van der Waals surface area contributed by atoms with Crippen LogP contribution in [-0.2, 0) is 28.6 Å². The minimum Gasteiger partial charge on any atom is -0.462 e. The second-order valence-corrected chi connectivity index (χ2v) is 23.1. The summed E-state index contributed by atoms with van der Waals surface area (Å²) in [7, 11) is 0. The number of allylic oxidation sites excluding steroid dienone is 6. The van der Waals surface area contributed by atoms with Gasteiger partial charge in [0.2, 0.25) is 0 Å². The summed E-state index contributed by atoms with van der Waals surface area (Å²) in [4.78, 5) is 38.4. The molecular formula is C70H130O6. The van der Waals surface area contributed by atoms with Crippen molar-refractivity contribution in [3.8, 4) is 0 Å². The van der Waals surface area contributed by atoms with Crippen LogP contribution in [0.4, 0.5) is 0 Å². The van der Waals surface area contributed by atoms with E-state index in [1.54, 1.807) is 0 Å². The van der Waals surface area contributed by atoms with Gasteiger partial charge in [-0.3, -0.25) is 14.4 Å². The fraction of sp³-hybridized carbons (Fsp3) is 0.871. The average molecular weight is 1070 g/mol. The first kappa shape index (κ1) is 73.6. The van der Waals surface area contributed by atoms with E-state index in [-0.39, 0.29) is 31.1 Å². The third kappa shape index (κ3) is 62.5. The van der Waals surface area contributed by atoms with E-state index in [4.69, 9.17) is 14.2 Å². The maximum Gasteiger partial charge on any atom is 0.306 e. The van der Waals surface area contributed by atoms with Crippen LogP contribution in [0.25, 0.3) is 0 Å². The number of rotatable bonds is 63. The summed E-state index contributed by atoms with van der Waals surface area (Å²) in [5, 5.41) is 0. The van der Waals surface area contributed by atoms with Crippen molar-refractivity contribution >= 4 is 17.9 Å². The van der Waals surface area contributed by atoms with Crippen LogP contribution < -0.4 is 0 Å². The van der Waals surface area contributed by atoms with Gasteiger partial charge < -0.3 is 14.2 Å². The first-order chi connectivity index (χ1) is 37.5. The lowest BCUT2D eigenvalue weighted by molar-refractivity contribution is -0.167. The predicted octanol–water partition coefficient (Wildman–Crippen LogP) is 23.2. The number of unbranched alkanes of at least 4 members (excludes halogenated alkanes) is 46. The average Bonchev–Trinajstić information content (AvgIpc) is 3.42. The molecule has 0 fully saturated rings. The van der Waals surface area contributed by atoms with Gasteiger partial charge in [0, 0.05) is 19.3 Å². The fourth-order valence-corrected chi connectivity index (χ4v) is 10.2. The van der Waals surface area contributed by atoms with Crippen LogP contribution >= 0.6 is 0 Å². The van der Waals surface area contributed by atoms with Gasteiger partial charge in [-0.15, -0.1) is 0 Å². The quantitative estimate of drug-likeness (QED) is 0.0261. The van der Waals surface area contributed by atoms with Crippen molar-refractivity contribution in [3.05, 3.63) is 36.5 Å². The third-order valence-corrected chi connectivity index (χ3v) is 15.4. The van der Waals surface area contributed by atoms with E-state index in [1.807, 2.05) is 0 Å². The first-order valence-corrected chi connectivity index (χ1v) is 34.0. The van der Waals surface area contributed by atoms with Crippen LogP contribution in [0.15, 0.2) is 36.5 Å². The summed E-state index contributed by atoms with van der Waals surface area (Å²) in [5.74, 6) is -0.847. The second kappa shape index (κ2) is 65.2. The van der Waals surface area contributed by atoms with Crippen LogP contribution in [0.2, 0.25) is 0 Å². The molecular weight excluding hydrogens is 937 g/mol. The predicted molar refractivity (Wildman–Crippen MR) is 330 cm³/mol. The first-order valence-electron chi connectivity index (χ1n) is 34.0. The molecule has 0 aliphatic heterocycles. The van der Waals surface area contributed by atoms with Crippen LogP contribution in [0.5, 0.6) is 0 Å². The molecule has 0 aliphatic carbocycles. The molecule has 0 saturated carbocycles. The van der Waals surface area contributed by atoms with Gasteiger partial charge in [-0.1, -0.05) is 314 Å². The van der Waals surface area contributed by atoms with Crippen LogP contribution in [-0.4, -0.2) is 37.2 Å². The second-order valence-electron chi connectivity index (χ2n) is 23.1. The molecule has 0 aliphatic rings. The van der Waals surface area contributed by atoms with Crippen LogP contribution in [0, 0.1) is 0 Å². The molecule has 0 radical (unpaired) electrons. The highest BCUT2D eigenvalue weighted by Gasteiger charge is 2.19. The minimum atomic E-state index is -0.773. The van der Waals surface area contributed by atoms with E-state index in [9.17, 15) is 14.4 Å². The van der Waals surface area contributed by atoms with Crippen molar-refractivity contribution in [2.24, 2.45) is 0 Å². The highest BCUT2D eigenvalue weighted by atomic mass is 16.6. The molecule has 0 saturated heterocycles. The van der Waals surface area contributed by atoms with E-state index in [0.717, 1.165) is 64.2 Å². The summed E-state index contributed by atoms with van der Waals surface area (Å²) in [6.45, 7) is 6.69. The Kier molecular flexibility index (Phi) is 63.1. The lowest BCUT2D eigenvalue weighted by Gasteiger charge is -2.18. The number of carbonyl (C=O) groups is 3. The van der Waals surface area contributed by atoms with Crippen molar-refractivity contribution in [1.82, 2.24) is 0 Å². The molecule has 0 aromatic heterocycles. The van der Waals surface area contributed by atoms with Crippen molar-refractivity contribution < 1.29 is 28.6 Å². The molecule has 0 aromatic carbocycles.